The molecule has 8 nitrogen and oxygen atoms in total. The zero-order valence-electron chi connectivity index (χ0n) is 19.9. The van der Waals surface area contributed by atoms with E-state index in [4.69, 9.17) is 0 Å². The van der Waals surface area contributed by atoms with Gasteiger partial charge in [0, 0.05) is 58.3 Å². The Morgan fingerprint density at radius 3 is 2.39 bits per heavy atom. The summed E-state index contributed by atoms with van der Waals surface area (Å²) in [7, 11) is 11.9. The van der Waals surface area contributed by atoms with Crippen molar-refractivity contribution in [1.82, 2.24) is 19.4 Å². The highest BCUT2D eigenvalue weighted by Gasteiger charge is 2.50. The molecule has 18 heteroatoms. The van der Waals surface area contributed by atoms with Crippen LogP contribution in [0.5, 0.6) is 0 Å². The third kappa shape index (κ3) is 6.57. The number of nitro groups is 1. The number of piperazine rings is 1. The molecular weight excluding hydrogens is 382 g/mol. The molecule has 1 aromatic heterocycles. The molecule has 0 amide bonds. The van der Waals surface area contributed by atoms with Crippen molar-refractivity contribution in [2.24, 2.45) is 0 Å². The van der Waals surface area contributed by atoms with Gasteiger partial charge in [-0.15, -0.1) is 0 Å². The van der Waals surface area contributed by atoms with Crippen LogP contribution in [0.3, 0.4) is 0 Å². The largest absolute Gasteiger partial charge is 0.434 e. The minimum atomic E-state index is -0.642. The van der Waals surface area contributed by atoms with Crippen LogP contribution in [-0.2, 0) is 6.54 Å². The predicted molar refractivity (Wildman–Crippen MR) is 148 cm³/mol. The van der Waals surface area contributed by atoms with Crippen molar-refractivity contribution in [1.29, 1.82) is 0 Å². The van der Waals surface area contributed by atoms with Crippen molar-refractivity contribution in [2.75, 3.05) is 39.3 Å². The quantitative estimate of drug-likeness (QED) is 0.221. The van der Waals surface area contributed by atoms with Gasteiger partial charge in [0.2, 0.25) is 0 Å². The number of aromatic nitrogens is 2. The van der Waals surface area contributed by atoms with Crippen LogP contribution in [-0.4, -0.2) is 146 Å². The molecule has 2 fully saturated rings. The van der Waals surface area contributed by atoms with E-state index in [9.17, 15) is 15.2 Å². The Hall–Kier alpha value is -0.861. The topological polar surface area (TPSA) is 87.7 Å². The van der Waals surface area contributed by atoms with Crippen LogP contribution in [0.25, 0.3) is 0 Å². The van der Waals surface area contributed by atoms with Crippen LogP contribution in [0.15, 0.2) is 12.4 Å². The highest BCUT2D eigenvalue weighted by atomic mass is 16.6. The maximum atomic E-state index is 11.0. The van der Waals surface area contributed by atoms with E-state index in [-0.39, 0.29) is 12.5 Å². The van der Waals surface area contributed by atoms with Crippen molar-refractivity contribution >= 4 is 76.8 Å². The van der Waals surface area contributed by atoms with Gasteiger partial charge >= 0.3 is 5.95 Å². The molecular formula is C13H31B10N5O3. The van der Waals surface area contributed by atoms with E-state index in [1.54, 1.807) is 6.20 Å². The summed E-state index contributed by atoms with van der Waals surface area (Å²) in [5.41, 5.74) is 0. The molecule has 0 radical (unpaired) electrons. The molecule has 2 unspecified atom stereocenters. The van der Waals surface area contributed by atoms with Gasteiger partial charge in [-0.3, -0.25) is 4.90 Å². The molecule has 2 aliphatic heterocycles. The molecule has 31 heavy (non-hydrogen) atoms. The summed E-state index contributed by atoms with van der Waals surface area (Å²) in [5, 5.41) is 21.4. The lowest BCUT2D eigenvalue weighted by atomic mass is 8.57. The van der Waals surface area contributed by atoms with Gasteiger partial charge < -0.3 is 20.1 Å². The monoisotopic (exact) mass is 415 g/mol. The summed E-state index contributed by atoms with van der Waals surface area (Å²) >= 11 is 0. The molecule has 3 heterocycles. The first-order chi connectivity index (χ1) is 14.7. The van der Waals surface area contributed by atoms with E-state index in [0.29, 0.717) is 6.54 Å². The highest BCUT2D eigenvalue weighted by Crippen LogP contribution is 2.40. The Labute approximate surface area is 192 Å². The lowest BCUT2D eigenvalue weighted by molar-refractivity contribution is -0.397. The van der Waals surface area contributed by atoms with Crippen LogP contribution >= 0.6 is 0 Å². The molecule has 0 aromatic carbocycles. The number of imidazole rings is 1. The van der Waals surface area contributed by atoms with Crippen molar-refractivity contribution in [3.8, 4) is 0 Å². The standard InChI is InChI=1S/C13H31B10N5O3/c14-20(15)22(18)23(21(16)17)19-7-11(19)8-25-3-5-26(6-4-25)9-12(29)10-27-2-1-24-13(27)28(30)31/h1-2,11-12,29H,3-10,14-18H2. The molecule has 2 aliphatic rings. The minimum Gasteiger partial charge on any atom is -0.390 e. The highest BCUT2D eigenvalue weighted by molar-refractivity contribution is 8.01. The lowest BCUT2D eigenvalue weighted by Crippen LogP contribution is -2.63. The molecule has 0 aliphatic carbocycles. The fourth-order valence-electron chi connectivity index (χ4n) is 5.57. The van der Waals surface area contributed by atoms with Crippen molar-refractivity contribution in [3.05, 3.63) is 22.5 Å². The van der Waals surface area contributed by atoms with Crippen LogP contribution in [0.1, 0.15) is 0 Å². The van der Waals surface area contributed by atoms with Gasteiger partial charge in [-0.05, 0) is 11.5 Å². The van der Waals surface area contributed by atoms with Crippen LogP contribution in [0.4, 0.5) is 5.95 Å². The molecule has 0 bridgehead atoms. The zero-order chi connectivity index (χ0) is 22.7. The number of hydrogen-bond donors (Lipinski definition) is 1. The Balaban J connectivity index is 1.40. The summed E-state index contributed by atoms with van der Waals surface area (Å²) < 4.78 is 1.41. The summed E-state index contributed by atoms with van der Waals surface area (Å²) in [5.74, 6) is 0.627. The Kier molecular flexibility index (Phi) is 8.66. The first-order valence-electron chi connectivity index (χ1n) is 12.0. The molecule has 1 N–H and O–H groups in total. The van der Waals surface area contributed by atoms with Crippen molar-refractivity contribution in [2.45, 2.75) is 24.8 Å². The van der Waals surface area contributed by atoms with Crippen molar-refractivity contribution < 1.29 is 10.0 Å². The van der Waals surface area contributed by atoms with Gasteiger partial charge in [0.1, 0.15) is 12.4 Å². The first kappa shape index (κ1) is 24.8. The van der Waals surface area contributed by atoms with Crippen LogP contribution < -0.4 is 0 Å². The van der Waals surface area contributed by atoms with E-state index in [1.165, 1.54) is 23.6 Å². The summed E-state index contributed by atoms with van der Waals surface area (Å²) in [4.78, 5) is 19.1. The molecule has 2 saturated heterocycles. The van der Waals surface area contributed by atoms with Crippen LogP contribution in [0.2, 0.25) is 12.1 Å². The number of aliphatic hydroxyl groups excluding tert-OH is 1. The number of aliphatic hydroxyl groups is 1. The Bertz CT molecular complexity index is 737. The van der Waals surface area contributed by atoms with Gasteiger partial charge in [-0.1, -0.05) is 17.1 Å². The third-order valence-corrected chi connectivity index (χ3v) is 7.59. The molecule has 0 saturated carbocycles. The Morgan fingerprint density at radius 2 is 1.81 bits per heavy atom. The molecule has 3 rings (SSSR count). The Morgan fingerprint density at radius 1 is 1.16 bits per heavy atom. The number of nitrogens with zero attached hydrogens (tertiary/aromatic N) is 5. The van der Waals surface area contributed by atoms with E-state index in [2.05, 4.69) is 53.5 Å². The third-order valence-electron chi connectivity index (χ3n) is 7.59. The number of rotatable bonds is 11. The van der Waals surface area contributed by atoms with Gasteiger partial charge in [-0.25, -0.2) is 4.57 Å². The smallest absolute Gasteiger partial charge is 0.390 e. The second-order valence-electron chi connectivity index (χ2n) is 10.5. The molecule has 156 valence electrons. The van der Waals surface area contributed by atoms with Gasteiger partial charge in [-0.2, -0.15) is 0 Å². The molecule has 2 atom stereocenters. The van der Waals surface area contributed by atoms with Crippen LogP contribution in [0, 0.1) is 10.1 Å². The number of hydrogen-bond acceptors (Lipinski definition) is 6. The van der Waals surface area contributed by atoms with E-state index < -0.39 is 11.0 Å². The minimum absolute atomic E-state index is 0.199. The number of β-amino-alcohol motifs (C(OH)–C–C–N with tert-alkyl or cyclic N) is 1. The zero-order valence-corrected chi connectivity index (χ0v) is 19.9. The van der Waals surface area contributed by atoms with E-state index >= 15 is 0 Å². The van der Waals surface area contributed by atoms with Gasteiger partial charge in [0.15, 0.2) is 0 Å². The summed E-state index contributed by atoms with van der Waals surface area (Å²) in [6, 6.07) is 0. The van der Waals surface area contributed by atoms with Gasteiger partial charge in [0.25, 0.3) is 0 Å². The summed E-state index contributed by atoms with van der Waals surface area (Å²) in [6.45, 7) is 6.77. The SMILES string of the molecule is BB(B)B(B)B(B(B)B)B1CC1CN1CCN(CC(O)Cn2ccnc2[N+](=O)[O-])CC1. The lowest BCUT2D eigenvalue weighted by Gasteiger charge is -2.36. The fourth-order valence-corrected chi connectivity index (χ4v) is 5.57. The predicted octanol–water partition coefficient (Wildman–Crippen LogP) is -6.41. The molecule has 0 spiro atoms. The van der Waals surface area contributed by atoms with E-state index in [1.807, 2.05) is 0 Å². The fraction of sp³-hybridized carbons (Fsp3) is 0.769. The summed E-state index contributed by atoms with van der Waals surface area (Å²) in [6.07, 6.45) is 6.79. The van der Waals surface area contributed by atoms with Crippen molar-refractivity contribution in [3.63, 3.8) is 0 Å². The normalized spacial score (nSPS) is 20.3. The average Bonchev–Trinajstić information content (AvgIpc) is 3.26. The second-order valence-corrected chi connectivity index (χ2v) is 10.5. The first-order valence-corrected chi connectivity index (χ1v) is 12.0. The average molecular weight is 414 g/mol. The second kappa shape index (κ2) is 10.8. The van der Waals surface area contributed by atoms with E-state index in [0.717, 1.165) is 64.1 Å². The maximum absolute atomic E-state index is 11.0. The van der Waals surface area contributed by atoms with Gasteiger partial charge in [0.05, 0.1) is 57.9 Å². The molecule has 1 aromatic rings. The maximum Gasteiger partial charge on any atom is 0.434 e.